The average Bonchev–Trinajstić information content (AvgIpc) is 2.83. The number of halogens is 1. The molecule has 0 saturated carbocycles. The summed E-state index contributed by atoms with van der Waals surface area (Å²) in [6.07, 6.45) is 2.27. The minimum atomic E-state index is -0.912. The Hall–Kier alpha value is -1.08. The summed E-state index contributed by atoms with van der Waals surface area (Å²) in [6, 6.07) is 1.08. The van der Waals surface area contributed by atoms with Gasteiger partial charge in [-0.3, -0.25) is 0 Å². The zero-order valence-electron chi connectivity index (χ0n) is 11.2. The molecule has 1 N–H and O–H groups in total. The normalized spacial score (nSPS) is 18.9. The van der Waals surface area contributed by atoms with E-state index in [0.717, 1.165) is 22.2 Å². The summed E-state index contributed by atoms with van der Waals surface area (Å²) >= 11 is 4.96. The van der Waals surface area contributed by atoms with Crippen LogP contribution >= 0.6 is 27.3 Å². The number of aliphatic carboxylic acids is 1. The maximum absolute atomic E-state index is 12.4. The fourth-order valence-electron chi connectivity index (χ4n) is 2.41. The number of thiophene rings is 1. The molecule has 0 radical (unpaired) electrons. The maximum atomic E-state index is 12.4. The predicted octanol–water partition coefficient (Wildman–Crippen LogP) is 3.00. The first-order chi connectivity index (χ1) is 9.49. The molecule has 1 unspecified atom stereocenters. The lowest BCUT2D eigenvalue weighted by atomic mass is 10.0. The third kappa shape index (κ3) is 3.52. The molecule has 1 aromatic heterocycles. The van der Waals surface area contributed by atoms with Gasteiger partial charge >= 0.3 is 12.0 Å². The summed E-state index contributed by atoms with van der Waals surface area (Å²) in [6.45, 7) is 1.01. The number of urea groups is 1. The fourth-order valence-corrected chi connectivity index (χ4v) is 3.61. The second kappa shape index (κ2) is 6.58. The van der Waals surface area contributed by atoms with Crippen LogP contribution in [0.3, 0.4) is 0 Å². The fraction of sp³-hybridized carbons (Fsp3) is 0.538. The topological polar surface area (TPSA) is 60.9 Å². The predicted molar refractivity (Wildman–Crippen MR) is 80.9 cm³/mol. The molecule has 1 aromatic rings. The number of rotatable bonds is 3. The molecule has 2 rings (SSSR count). The van der Waals surface area contributed by atoms with E-state index in [1.54, 1.807) is 23.3 Å². The van der Waals surface area contributed by atoms with E-state index in [-0.39, 0.29) is 6.03 Å². The average molecular weight is 361 g/mol. The summed E-state index contributed by atoms with van der Waals surface area (Å²) in [5.41, 5.74) is 1.04. The minimum absolute atomic E-state index is 0.209. The van der Waals surface area contributed by atoms with Crippen molar-refractivity contribution >= 4 is 39.3 Å². The van der Waals surface area contributed by atoms with E-state index >= 15 is 0 Å². The van der Waals surface area contributed by atoms with Crippen LogP contribution in [0.5, 0.6) is 0 Å². The van der Waals surface area contributed by atoms with Crippen molar-refractivity contribution in [3.63, 3.8) is 0 Å². The number of carbonyl (C=O) groups excluding carboxylic acids is 1. The van der Waals surface area contributed by atoms with Crippen molar-refractivity contribution in [3.05, 3.63) is 20.8 Å². The van der Waals surface area contributed by atoms with E-state index < -0.39 is 12.0 Å². The van der Waals surface area contributed by atoms with Gasteiger partial charge in [-0.05, 0) is 52.2 Å². The zero-order valence-corrected chi connectivity index (χ0v) is 13.6. The second-order valence-corrected chi connectivity index (χ2v) is 7.23. The highest BCUT2D eigenvalue weighted by atomic mass is 79.9. The first-order valence-electron chi connectivity index (χ1n) is 6.46. The molecular weight excluding hydrogens is 344 g/mol. The van der Waals surface area contributed by atoms with Gasteiger partial charge in [-0.15, -0.1) is 11.3 Å². The Bertz CT molecular complexity index is 506. The highest BCUT2D eigenvalue weighted by Gasteiger charge is 2.33. The molecule has 5 nitrogen and oxygen atoms in total. The van der Waals surface area contributed by atoms with E-state index in [4.69, 9.17) is 0 Å². The van der Waals surface area contributed by atoms with Crippen LogP contribution in [0.15, 0.2) is 15.2 Å². The van der Waals surface area contributed by atoms with Gasteiger partial charge in [0.15, 0.2) is 0 Å². The summed E-state index contributed by atoms with van der Waals surface area (Å²) in [5, 5.41) is 11.2. The van der Waals surface area contributed by atoms with Gasteiger partial charge in [0.2, 0.25) is 0 Å². The number of hydrogen-bond donors (Lipinski definition) is 1. The van der Waals surface area contributed by atoms with Gasteiger partial charge in [0.05, 0.1) is 3.79 Å². The first-order valence-corrected chi connectivity index (χ1v) is 8.13. The molecule has 2 amide bonds. The van der Waals surface area contributed by atoms with E-state index in [1.807, 2.05) is 11.4 Å². The number of hydrogen-bond acceptors (Lipinski definition) is 3. The highest BCUT2D eigenvalue weighted by molar-refractivity contribution is 9.11. The number of amides is 2. The van der Waals surface area contributed by atoms with Crippen molar-refractivity contribution in [2.24, 2.45) is 0 Å². The molecule has 0 spiro atoms. The van der Waals surface area contributed by atoms with Gasteiger partial charge in [0.25, 0.3) is 0 Å². The van der Waals surface area contributed by atoms with Crippen LogP contribution in [0.2, 0.25) is 0 Å². The lowest BCUT2D eigenvalue weighted by Crippen LogP contribution is -2.52. The smallest absolute Gasteiger partial charge is 0.326 e. The van der Waals surface area contributed by atoms with Gasteiger partial charge in [-0.25, -0.2) is 9.59 Å². The Balaban J connectivity index is 2.02. The summed E-state index contributed by atoms with van der Waals surface area (Å²) in [7, 11) is 1.71. The van der Waals surface area contributed by atoms with E-state index in [1.165, 1.54) is 4.90 Å². The van der Waals surface area contributed by atoms with Crippen LogP contribution in [0.1, 0.15) is 24.8 Å². The molecule has 1 saturated heterocycles. The van der Waals surface area contributed by atoms with Crippen molar-refractivity contribution in [2.75, 3.05) is 13.6 Å². The number of piperidine rings is 1. The van der Waals surface area contributed by atoms with Crippen molar-refractivity contribution in [1.82, 2.24) is 9.80 Å². The lowest BCUT2D eigenvalue weighted by Gasteiger charge is -2.35. The third-order valence-corrected chi connectivity index (χ3v) is 4.95. The van der Waals surface area contributed by atoms with Crippen molar-refractivity contribution in [2.45, 2.75) is 31.8 Å². The van der Waals surface area contributed by atoms with E-state index in [9.17, 15) is 14.7 Å². The standard InChI is InChI=1S/C13H17BrN2O3S/c1-15(7-9-6-11(14)20-8-9)13(19)16-5-3-2-4-10(16)12(17)18/h6,8,10H,2-5,7H2,1H3,(H,17,18). The van der Waals surface area contributed by atoms with Crippen LogP contribution < -0.4 is 0 Å². The Kier molecular flexibility index (Phi) is 5.04. The molecule has 0 aromatic carbocycles. The van der Waals surface area contributed by atoms with Crippen molar-refractivity contribution < 1.29 is 14.7 Å². The first kappa shape index (κ1) is 15.3. The third-order valence-electron chi connectivity index (χ3n) is 3.40. The van der Waals surface area contributed by atoms with Gasteiger partial charge in [0.1, 0.15) is 6.04 Å². The SMILES string of the molecule is CN(Cc1csc(Br)c1)C(=O)N1CCCCC1C(=O)O. The van der Waals surface area contributed by atoms with Crippen LogP contribution in [-0.4, -0.2) is 46.5 Å². The van der Waals surface area contributed by atoms with Crippen LogP contribution in [0, 0.1) is 0 Å². The van der Waals surface area contributed by atoms with Crippen LogP contribution in [-0.2, 0) is 11.3 Å². The summed E-state index contributed by atoms with van der Waals surface area (Å²) in [4.78, 5) is 26.7. The van der Waals surface area contributed by atoms with Gasteiger partial charge in [-0.1, -0.05) is 0 Å². The molecule has 20 heavy (non-hydrogen) atoms. The monoisotopic (exact) mass is 360 g/mol. The second-order valence-electron chi connectivity index (χ2n) is 4.94. The quantitative estimate of drug-likeness (QED) is 0.900. The largest absolute Gasteiger partial charge is 0.480 e. The number of nitrogens with zero attached hydrogens (tertiary/aromatic N) is 2. The van der Waals surface area contributed by atoms with Gasteiger partial charge in [0, 0.05) is 20.1 Å². The van der Waals surface area contributed by atoms with E-state index in [2.05, 4.69) is 15.9 Å². The Morgan fingerprint density at radius 3 is 2.90 bits per heavy atom. The molecule has 0 bridgehead atoms. The summed E-state index contributed by atoms with van der Waals surface area (Å²) in [5.74, 6) is -0.912. The number of carboxylic acids is 1. The highest BCUT2D eigenvalue weighted by Crippen LogP contribution is 2.23. The number of likely N-dealkylation sites (tertiary alicyclic amines) is 1. The number of carbonyl (C=O) groups is 2. The zero-order chi connectivity index (χ0) is 14.7. The van der Waals surface area contributed by atoms with Crippen LogP contribution in [0.25, 0.3) is 0 Å². The summed E-state index contributed by atoms with van der Waals surface area (Å²) < 4.78 is 1.02. The molecule has 0 aliphatic carbocycles. The molecule has 2 heterocycles. The Morgan fingerprint density at radius 2 is 2.30 bits per heavy atom. The molecule has 1 atom stereocenters. The van der Waals surface area contributed by atoms with Gasteiger partial charge < -0.3 is 14.9 Å². The lowest BCUT2D eigenvalue weighted by molar-refractivity contribution is -0.143. The molecular formula is C13H17BrN2O3S. The number of carboxylic acid groups (broad SMARTS) is 1. The van der Waals surface area contributed by atoms with Crippen molar-refractivity contribution in [1.29, 1.82) is 0 Å². The minimum Gasteiger partial charge on any atom is -0.480 e. The Labute approximate surface area is 130 Å². The van der Waals surface area contributed by atoms with E-state index in [0.29, 0.717) is 19.5 Å². The van der Waals surface area contributed by atoms with Crippen molar-refractivity contribution in [3.8, 4) is 0 Å². The molecule has 1 fully saturated rings. The van der Waals surface area contributed by atoms with Crippen LogP contribution in [0.4, 0.5) is 4.79 Å². The molecule has 110 valence electrons. The van der Waals surface area contributed by atoms with Gasteiger partial charge in [-0.2, -0.15) is 0 Å². The molecule has 7 heteroatoms. The molecule has 1 aliphatic rings. The maximum Gasteiger partial charge on any atom is 0.326 e. The molecule has 1 aliphatic heterocycles. The Morgan fingerprint density at radius 1 is 1.55 bits per heavy atom.